The highest BCUT2D eigenvalue weighted by Crippen LogP contribution is 2.33. The highest BCUT2D eigenvalue weighted by molar-refractivity contribution is 7.11. The quantitative estimate of drug-likeness (QED) is 0.505. The maximum atomic E-state index is 11.0. The Hall–Kier alpha value is -2.69. The summed E-state index contributed by atoms with van der Waals surface area (Å²) < 4.78 is 5.99. The Balaban J connectivity index is 1.53. The third-order valence-electron chi connectivity index (χ3n) is 4.65. The van der Waals surface area contributed by atoms with Crippen molar-refractivity contribution in [2.24, 2.45) is 0 Å². The lowest BCUT2D eigenvalue weighted by molar-refractivity contribution is 0.101. The average molecular weight is 375 g/mol. The van der Waals surface area contributed by atoms with Gasteiger partial charge in [-0.3, -0.25) is 0 Å². The van der Waals surface area contributed by atoms with Crippen molar-refractivity contribution in [3.63, 3.8) is 0 Å². The van der Waals surface area contributed by atoms with E-state index in [2.05, 4.69) is 35.3 Å². The van der Waals surface area contributed by atoms with Gasteiger partial charge in [-0.2, -0.15) is 0 Å². The number of rotatable bonds is 5. The summed E-state index contributed by atoms with van der Waals surface area (Å²) in [5.74, 6) is 0.731. The molecule has 4 heteroatoms. The summed E-state index contributed by atoms with van der Waals surface area (Å²) in [6, 6.07) is 22.2. The van der Waals surface area contributed by atoms with E-state index in [1.54, 1.807) is 13.1 Å². The van der Waals surface area contributed by atoms with Gasteiger partial charge in [-0.25, -0.2) is 4.98 Å². The molecule has 4 rings (SSSR count). The molecule has 0 aliphatic rings. The predicted octanol–water partition coefficient (Wildman–Crippen LogP) is 5.44. The number of hydrogen-bond donors (Lipinski definition) is 1. The first kappa shape index (κ1) is 17.7. The normalized spacial score (nSPS) is 13.4. The van der Waals surface area contributed by atoms with E-state index in [4.69, 9.17) is 4.74 Å². The van der Waals surface area contributed by atoms with Crippen LogP contribution in [0.5, 0.6) is 5.75 Å². The van der Waals surface area contributed by atoms with E-state index in [-0.39, 0.29) is 0 Å². The van der Waals surface area contributed by atoms with Crippen LogP contribution in [0.25, 0.3) is 10.8 Å². The second-order valence-electron chi connectivity index (χ2n) is 6.85. The van der Waals surface area contributed by atoms with Gasteiger partial charge in [0.25, 0.3) is 0 Å². The molecule has 0 saturated heterocycles. The molecular weight excluding hydrogens is 354 g/mol. The Morgan fingerprint density at radius 2 is 1.81 bits per heavy atom. The molecule has 4 aromatic rings. The van der Waals surface area contributed by atoms with Crippen molar-refractivity contribution >= 4 is 22.1 Å². The maximum Gasteiger partial charge on any atom is 0.138 e. The first-order chi connectivity index (χ1) is 13.0. The van der Waals surface area contributed by atoms with Crippen LogP contribution in [0.15, 0.2) is 72.9 Å². The first-order valence-corrected chi connectivity index (χ1v) is 9.70. The molecule has 0 saturated carbocycles. The number of ether oxygens (including phenoxy) is 1. The third kappa shape index (κ3) is 3.72. The van der Waals surface area contributed by atoms with Crippen LogP contribution >= 0.6 is 11.3 Å². The zero-order chi connectivity index (χ0) is 18.9. The number of thiazole rings is 1. The van der Waals surface area contributed by atoms with Gasteiger partial charge < -0.3 is 9.84 Å². The van der Waals surface area contributed by atoms with Gasteiger partial charge in [0.1, 0.15) is 23.0 Å². The van der Waals surface area contributed by atoms with Gasteiger partial charge in [-0.1, -0.05) is 48.5 Å². The molecule has 3 nitrogen and oxygen atoms in total. The number of aliphatic hydroxyl groups is 1. The SMILES string of the molecule is Cc1cnc(C(C)(O)c2cccc(OCc3ccc4ccccc4c3)c2)s1. The van der Waals surface area contributed by atoms with E-state index in [1.165, 1.54) is 22.1 Å². The lowest BCUT2D eigenvalue weighted by atomic mass is 9.96. The third-order valence-corrected chi connectivity index (χ3v) is 5.78. The van der Waals surface area contributed by atoms with Crippen LogP contribution < -0.4 is 4.74 Å². The number of benzene rings is 3. The van der Waals surface area contributed by atoms with Gasteiger partial charge >= 0.3 is 0 Å². The Kier molecular flexibility index (Phi) is 4.68. The van der Waals surface area contributed by atoms with Gasteiger partial charge in [0.15, 0.2) is 0 Å². The molecule has 1 unspecified atom stereocenters. The fraction of sp³-hybridized carbons (Fsp3) is 0.174. The Morgan fingerprint density at radius 1 is 1.00 bits per heavy atom. The molecule has 1 heterocycles. The van der Waals surface area contributed by atoms with E-state index >= 15 is 0 Å². The monoisotopic (exact) mass is 375 g/mol. The summed E-state index contributed by atoms with van der Waals surface area (Å²) in [5.41, 5.74) is 0.746. The summed E-state index contributed by atoms with van der Waals surface area (Å²) >= 11 is 1.50. The summed E-state index contributed by atoms with van der Waals surface area (Å²) in [6.07, 6.45) is 1.79. The Labute approximate surface area is 162 Å². The van der Waals surface area contributed by atoms with E-state index in [0.717, 1.165) is 21.8 Å². The summed E-state index contributed by atoms with van der Waals surface area (Å²) in [5, 5.41) is 14.1. The van der Waals surface area contributed by atoms with Crippen molar-refractivity contribution in [2.45, 2.75) is 26.1 Å². The topological polar surface area (TPSA) is 42.4 Å². The molecule has 0 amide bonds. The zero-order valence-corrected chi connectivity index (χ0v) is 16.2. The molecule has 3 aromatic carbocycles. The minimum Gasteiger partial charge on any atom is -0.489 e. The first-order valence-electron chi connectivity index (χ1n) is 8.89. The van der Waals surface area contributed by atoms with Crippen molar-refractivity contribution < 1.29 is 9.84 Å². The second kappa shape index (κ2) is 7.14. The van der Waals surface area contributed by atoms with Crippen molar-refractivity contribution in [3.05, 3.63) is 93.9 Å². The highest BCUT2D eigenvalue weighted by Gasteiger charge is 2.29. The molecule has 0 fully saturated rings. The van der Waals surface area contributed by atoms with E-state index in [9.17, 15) is 5.11 Å². The Bertz CT molecular complexity index is 1080. The number of hydrogen-bond acceptors (Lipinski definition) is 4. The van der Waals surface area contributed by atoms with Crippen LogP contribution in [-0.2, 0) is 12.2 Å². The number of nitrogens with zero attached hydrogens (tertiary/aromatic N) is 1. The second-order valence-corrected chi connectivity index (χ2v) is 8.08. The summed E-state index contributed by atoms with van der Waals surface area (Å²) in [7, 11) is 0. The lowest BCUT2D eigenvalue weighted by Gasteiger charge is -2.22. The molecule has 0 aliphatic heterocycles. The van der Waals surface area contributed by atoms with Crippen molar-refractivity contribution in [1.29, 1.82) is 0 Å². The van der Waals surface area contributed by atoms with Gasteiger partial charge in [-0.05, 0) is 53.9 Å². The molecule has 1 aromatic heterocycles. The number of fused-ring (bicyclic) bond motifs is 1. The molecule has 0 bridgehead atoms. The lowest BCUT2D eigenvalue weighted by Crippen LogP contribution is -2.22. The van der Waals surface area contributed by atoms with Crippen molar-refractivity contribution in [3.8, 4) is 5.75 Å². The standard InChI is InChI=1S/C23H21NO2S/c1-16-14-24-22(27-16)23(2,25)20-8-5-9-21(13-20)26-15-17-10-11-18-6-3-4-7-19(18)12-17/h3-14,25H,15H2,1-2H3. The largest absolute Gasteiger partial charge is 0.489 e. The average Bonchev–Trinajstić information content (AvgIpc) is 3.14. The van der Waals surface area contributed by atoms with Crippen molar-refractivity contribution in [2.75, 3.05) is 0 Å². The zero-order valence-electron chi connectivity index (χ0n) is 15.3. The van der Waals surface area contributed by atoms with Gasteiger partial charge in [0.05, 0.1) is 0 Å². The highest BCUT2D eigenvalue weighted by atomic mass is 32.1. The van der Waals surface area contributed by atoms with Crippen LogP contribution in [-0.4, -0.2) is 10.1 Å². The molecule has 1 atom stereocenters. The van der Waals surface area contributed by atoms with E-state index in [1.807, 2.05) is 43.3 Å². The molecular formula is C23H21NO2S. The van der Waals surface area contributed by atoms with Crippen molar-refractivity contribution in [1.82, 2.24) is 4.98 Å². The number of aryl methyl sites for hydroxylation is 1. The van der Waals surface area contributed by atoms with Gasteiger partial charge in [-0.15, -0.1) is 11.3 Å². The minimum atomic E-state index is -1.14. The van der Waals surface area contributed by atoms with Crippen LogP contribution in [0, 0.1) is 6.92 Å². The van der Waals surface area contributed by atoms with Gasteiger partial charge in [0.2, 0.25) is 0 Å². The molecule has 0 radical (unpaired) electrons. The summed E-state index contributed by atoms with van der Waals surface area (Å²) in [6.45, 7) is 4.24. The molecule has 1 N–H and O–H groups in total. The molecule has 136 valence electrons. The van der Waals surface area contributed by atoms with E-state index in [0.29, 0.717) is 11.6 Å². The smallest absolute Gasteiger partial charge is 0.138 e. The van der Waals surface area contributed by atoms with Gasteiger partial charge in [0, 0.05) is 11.1 Å². The summed E-state index contributed by atoms with van der Waals surface area (Å²) in [4.78, 5) is 5.42. The van der Waals surface area contributed by atoms with Crippen LogP contribution in [0.1, 0.15) is 27.9 Å². The van der Waals surface area contributed by atoms with E-state index < -0.39 is 5.60 Å². The fourth-order valence-corrected chi connectivity index (χ4v) is 3.92. The molecule has 0 aliphatic carbocycles. The predicted molar refractivity (Wildman–Crippen MR) is 110 cm³/mol. The maximum absolute atomic E-state index is 11.0. The number of aromatic nitrogens is 1. The minimum absolute atomic E-state index is 0.479. The molecule has 0 spiro atoms. The van der Waals surface area contributed by atoms with Crippen LogP contribution in [0.4, 0.5) is 0 Å². The van der Waals surface area contributed by atoms with Crippen LogP contribution in [0.3, 0.4) is 0 Å². The Morgan fingerprint density at radius 3 is 2.59 bits per heavy atom. The van der Waals surface area contributed by atoms with Crippen LogP contribution in [0.2, 0.25) is 0 Å². The molecule has 27 heavy (non-hydrogen) atoms. The fourth-order valence-electron chi connectivity index (χ4n) is 3.09.